The van der Waals surface area contributed by atoms with Gasteiger partial charge in [0.1, 0.15) is 0 Å². The van der Waals surface area contributed by atoms with E-state index in [1.54, 1.807) is 6.92 Å². The highest BCUT2D eigenvalue weighted by Crippen LogP contribution is 2.19. The maximum absolute atomic E-state index is 11.8. The molecule has 3 amide bonds. The van der Waals surface area contributed by atoms with Crippen LogP contribution in [0.3, 0.4) is 0 Å². The molecule has 0 aliphatic rings. The van der Waals surface area contributed by atoms with Crippen molar-refractivity contribution in [2.45, 2.75) is 32.4 Å². The van der Waals surface area contributed by atoms with Gasteiger partial charge in [-0.3, -0.25) is 15.4 Å². The molecule has 1 aromatic rings. The lowest BCUT2D eigenvalue weighted by Crippen LogP contribution is -2.48. The van der Waals surface area contributed by atoms with Crippen molar-refractivity contribution in [3.63, 3.8) is 0 Å². The highest BCUT2D eigenvalue weighted by atomic mass is 79.9. The van der Waals surface area contributed by atoms with Crippen LogP contribution in [0.2, 0.25) is 0 Å². The molecule has 0 fully saturated rings. The molecule has 0 aliphatic heterocycles. The summed E-state index contributed by atoms with van der Waals surface area (Å²) >= 11 is 3.40. The summed E-state index contributed by atoms with van der Waals surface area (Å²) in [7, 11) is 1.47. The summed E-state index contributed by atoms with van der Waals surface area (Å²) in [4.78, 5) is 22.9. The van der Waals surface area contributed by atoms with Crippen LogP contribution < -0.4 is 16.0 Å². The number of amides is 3. The van der Waals surface area contributed by atoms with Crippen LogP contribution in [0.25, 0.3) is 0 Å². The van der Waals surface area contributed by atoms with Gasteiger partial charge >= 0.3 is 6.03 Å². The third-order valence-electron chi connectivity index (χ3n) is 2.99. The van der Waals surface area contributed by atoms with Gasteiger partial charge in [0.05, 0.1) is 6.04 Å². The van der Waals surface area contributed by atoms with Crippen molar-refractivity contribution < 1.29 is 9.59 Å². The number of rotatable bonds is 5. The Kier molecular flexibility index (Phi) is 6.67. The molecule has 0 saturated heterocycles. The minimum absolute atomic E-state index is 0.0635. The fraction of sp³-hybridized carbons (Fsp3) is 0.429. The smallest absolute Gasteiger partial charge is 0.321 e. The number of imide groups is 1. The molecule has 5 nitrogen and oxygen atoms in total. The SMILES string of the molecule is CC[C@H](N[C@@H](C)C(=O)NC(=O)NC)c1ccc(Br)cc1. The van der Waals surface area contributed by atoms with E-state index in [2.05, 4.69) is 31.9 Å². The third-order valence-corrected chi connectivity index (χ3v) is 3.52. The average molecular weight is 342 g/mol. The van der Waals surface area contributed by atoms with Crippen molar-refractivity contribution in [3.05, 3.63) is 34.3 Å². The third kappa shape index (κ3) is 4.94. The van der Waals surface area contributed by atoms with Gasteiger partial charge in [-0.25, -0.2) is 4.79 Å². The molecular weight excluding hydrogens is 322 g/mol. The predicted molar refractivity (Wildman–Crippen MR) is 82.4 cm³/mol. The monoisotopic (exact) mass is 341 g/mol. The van der Waals surface area contributed by atoms with Crippen LogP contribution >= 0.6 is 15.9 Å². The van der Waals surface area contributed by atoms with Crippen molar-refractivity contribution in [2.75, 3.05) is 7.05 Å². The van der Waals surface area contributed by atoms with E-state index in [0.29, 0.717) is 0 Å². The van der Waals surface area contributed by atoms with Crippen molar-refractivity contribution >= 4 is 27.9 Å². The molecule has 3 N–H and O–H groups in total. The molecule has 0 heterocycles. The van der Waals surface area contributed by atoms with E-state index in [1.165, 1.54) is 7.05 Å². The fourth-order valence-electron chi connectivity index (χ4n) is 1.80. The fourth-order valence-corrected chi connectivity index (χ4v) is 2.07. The topological polar surface area (TPSA) is 70.2 Å². The Labute approximate surface area is 127 Å². The first-order chi connectivity index (χ1) is 9.47. The molecule has 0 radical (unpaired) electrons. The summed E-state index contributed by atoms with van der Waals surface area (Å²) in [6, 6.07) is 7.06. The summed E-state index contributed by atoms with van der Waals surface area (Å²) in [5, 5.41) is 7.84. The van der Waals surface area contributed by atoms with Crippen molar-refractivity contribution in [1.29, 1.82) is 0 Å². The summed E-state index contributed by atoms with van der Waals surface area (Å²) in [5.41, 5.74) is 1.11. The summed E-state index contributed by atoms with van der Waals surface area (Å²) < 4.78 is 1.02. The summed E-state index contributed by atoms with van der Waals surface area (Å²) in [6.07, 6.45) is 0.846. The number of carbonyl (C=O) groups is 2. The van der Waals surface area contributed by atoms with E-state index >= 15 is 0 Å². The van der Waals surface area contributed by atoms with Crippen molar-refractivity contribution in [1.82, 2.24) is 16.0 Å². The largest absolute Gasteiger partial charge is 0.341 e. The maximum atomic E-state index is 11.8. The zero-order chi connectivity index (χ0) is 15.1. The van der Waals surface area contributed by atoms with Crippen LogP contribution in [-0.2, 0) is 4.79 Å². The molecule has 0 spiro atoms. The minimum atomic E-state index is -0.500. The molecule has 0 unspecified atom stereocenters. The van der Waals surface area contributed by atoms with Gasteiger partial charge in [-0.15, -0.1) is 0 Å². The van der Waals surface area contributed by atoms with E-state index in [0.717, 1.165) is 16.5 Å². The normalized spacial score (nSPS) is 13.4. The lowest BCUT2D eigenvalue weighted by atomic mass is 10.0. The molecule has 0 saturated carbocycles. The zero-order valence-corrected chi connectivity index (χ0v) is 13.5. The van der Waals surface area contributed by atoms with Gasteiger partial charge in [0.25, 0.3) is 0 Å². The Morgan fingerprint density at radius 2 is 1.85 bits per heavy atom. The average Bonchev–Trinajstić information content (AvgIpc) is 2.45. The number of halogens is 1. The Hall–Kier alpha value is -1.40. The minimum Gasteiger partial charge on any atom is -0.341 e. The lowest BCUT2D eigenvalue weighted by molar-refractivity contribution is -0.121. The molecular formula is C14H20BrN3O2. The Bertz CT molecular complexity index is 462. The number of hydrogen-bond acceptors (Lipinski definition) is 3. The van der Waals surface area contributed by atoms with E-state index < -0.39 is 12.1 Å². The highest BCUT2D eigenvalue weighted by molar-refractivity contribution is 9.10. The van der Waals surface area contributed by atoms with Crippen LogP contribution in [0, 0.1) is 0 Å². The molecule has 2 atom stereocenters. The molecule has 0 bridgehead atoms. The van der Waals surface area contributed by atoms with Crippen molar-refractivity contribution in [3.8, 4) is 0 Å². The van der Waals surface area contributed by atoms with Crippen molar-refractivity contribution in [2.24, 2.45) is 0 Å². The number of carbonyl (C=O) groups excluding carboxylic acids is 2. The first-order valence-electron chi connectivity index (χ1n) is 6.52. The van der Waals surface area contributed by atoms with Crippen LogP contribution in [0.1, 0.15) is 31.9 Å². The van der Waals surface area contributed by atoms with E-state index in [4.69, 9.17) is 0 Å². The number of hydrogen-bond donors (Lipinski definition) is 3. The Morgan fingerprint density at radius 1 is 1.25 bits per heavy atom. The van der Waals surface area contributed by atoms with Gasteiger partial charge < -0.3 is 5.32 Å². The Morgan fingerprint density at radius 3 is 2.35 bits per heavy atom. The molecule has 1 aromatic carbocycles. The lowest BCUT2D eigenvalue weighted by Gasteiger charge is -2.22. The first kappa shape index (κ1) is 16.7. The van der Waals surface area contributed by atoms with Gasteiger partial charge in [-0.05, 0) is 31.0 Å². The molecule has 1 rings (SSSR count). The molecule has 6 heteroatoms. The van der Waals surface area contributed by atoms with Crippen LogP contribution in [0.4, 0.5) is 4.79 Å². The molecule has 0 aromatic heterocycles. The molecule has 20 heavy (non-hydrogen) atoms. The van der Waals surface area contributed by atoms with Crippen LogP contribution in [-0.4, -0.2) is 25.0 Å². The van der Waals surface area contributed by atoms with Crippen LogP contribution in [0.15, 0.2) is 28.7 Å². The number of nitrogens with one attached hydrogen (secondary N) is 3. The first-order valence-corrected chi connectivity index (χ1v) is 7.31. The van der Waals surface area contributed by atoms with E-state index in [1.807, 2.05) is 31.2 Å². The zero-order valence-electron chi connectivity index (χ0n) is 11.9. The Balaban J connectivity index is 2.66. The standard InChI is InChI=1S/C14H20BrN3O2/c1-4-12(10-5-7-11(15)8-6-10)17-9(2)13(19)18-14(20)16-3/h5-9,12,17H,4H2,1-3H3,(H2,16,18,19,20)/t9-,12-/m0/s1. The van der Waals surface area contributed by atoms with Gasteiger partial charge in [-0.2, -0.15) is 0 Å². The van der Waals surface area contributed by atoms with E-state index in [9.17, 15) is 9.59 Å². The van der Waals surface area contributed by atoms with Gasteiger partial charge in [0, 0.05) is 17.6 Å². The van der Waals surface area contributed by atoms with Crippen LogP contribution in [0.5, 0.6) is 0 Å². The summed E-state index contributed by atoms with van der Waals surface area (Å²) in [6.45, 7) is 3.78. The number of urea groups is 1. The number of benzene rings is 1. The summed E-state index contributed by atoms with van der Waals surface area (Å²) in [5.74, 6) is -0.347. The highest BCUT2D eigenvalue weighted by Gasteiger charge is 2.19. The second-order valence-corrected chi connectivity index (χ2v) is 5.38. The predicted octanol–water partition coefficient (Wildman–Crippen LogP) is 2.33. The second kappa shape index (κ2) is 8.01. The van der Waals surface area contributed by atoms with Gasteiger partial charge in [0.2, 0.25) is 5.91 Å². The second-order valence-electron chi connectivity index (χ2n) is 4.47. The quantitative estimate of drug-likeness (QED) is 0.769. The van der Waals surface area contributed by atoms with Gasteiger partial charge in [0.15, 0.2) is 0 Å². The maximum Gasteiger partial charge on any atom is 0.321 e. The molecule has 0 aliphatic carbocycles. The molecule has 110 valence electrons. The van der Waals surface area contributed by atoms with E-state index in [-0.39, 0.29) is 11.9 Å². The van der Waals surface area contributed by atoms with Gasteiger partial charge in [-0.1, -0.05) is 35.0 Å².